The highest BCUT2D eigenvalue weighted by atomic mass is 79.9. The van der Waals surface area contributed by atoms with E-state index < -0.39 is 0 Å². The molecule has 1 aliphatic rings. The zero-order valence-electron chi connectivity index (χ0n) is 9.77. The lowest BCUT2D eigenvalue weighted by Gasteiger charge is -2.29. The molecule has 1 saturated heterocycles. The van der Waals surface area contributed by atoms with Crippen molar-refractivity contribution in [3.8, 4) is 10.7 Å². The summed E-state index contributed by atoms with van der Waals surface area (Å²) in [5.74, 6) is 1.56. The predicted molar refractivity (Wildman–Crippen MR) is 76.8 cm³/mol. The van der Waals surface area contributed by atoms with Gasteiger partial charge in [-0.25, -0.2) is 0 Å². The van der Waals surface area contributed by atoms with Crippen molar-refractivity contribution in [2.75, 3.05) is 18.0 Å². The van der Waals surface area contributed by atoms with Gasteiger partial charge in [-0.2, -0.15) is 4.98 Å². The van der Waals surface area contributed by atoms with Crippen LogP contribution in [0.1, 0.15) is 12.8 Å². The van der Waals surface area contributed by atoms with Gasteiger partial charge in [-0.05, 0) is 40.2 Å². The van der Waals surface area contributed by atoms with Gasteiger partial charge in [-0.1, -0.05) is 0 Å². The summed E-state index contributed by atoms with van der Waals surface area (Å²) in [6, 6.07) is 2.24. The average molecular weight is 328 g/mol. The quantitative estimate of drug-likeness (QED) is 0.887. The number of H-pyrrole nitrogens is 1. The van der Waals surface area contributed by atoms with Crippen molar-refractivity contribution in [2.45, 2.75) is 18.9 Å². The number of halogens is 1. The number of nitrogens with zero attached hydrogens (tertiary/aromatic N) is 3. The number of anilines is 1. The summed E-state index contributed by atoms with van der Waals surface area (Å²) in [7, 11) is 0. The van der Waals surface area contributed by atoms with E-state index in [2.05, 4.69) is 36.0 Å². The maximum Gasteiger partial charge on any atom is 0.245 e. The summed E-state index contributed by atoms with van der Waals surface area (Å²) in [6.07, 6.45) is 2.19. The first-order valence-electron chi connectivity index (χ1n) is 5.90. The van der Waals surface area contributed by atoms with Crippen molar-refractivity contribution in [2.24, 2.45) is 5.73 Å². The van der Waals surface area contributed by atoms with Gasteiger partial charge in [-0.3, -0.25) is 5.10 Å². The second kappa shape index (κ2) is 4.99. The van der Waals surface area contributed by atoms with Crippen LogP contribution < -0.4 is 10.6 Å². The van der Waals surface area contributed by atoms with Gasteiger partial charge in [-0.15, -0.1) is 16.4 Å². The molecule has 1 unspecified atom stereocenters. The molecule has 0 aromatic carbocycles. The van der Waals surface area contributed by atoms with Gasteiger partial charge in [0, 0.05) is 23.6 Å². The first kappa shape index (κ1) is 12.1. The summed E-state index contributed by atoms with van der Waals surface area (Å²) in [5, 5.41) is 9.32. The maximum atomic E-state index is 5.98. The number of hydrogen-bond acceptors (Lipinski definition) is 5. The van der Waals surface area contributed by atoms with E-state index in [4.69, 9.17) is 5.73 Å². The minimum absolute atomic E-state index is 0.231. The topological polar surface area (TPSA) is 70.8 Å². The van der Waals surface area contributed by atoms with Gasteiger partial charge >= 0.3 is 0 Å². The van der Waals surface area contributed by atoms with Crippen LogP contribution in [0.3, 0.4) is 0 Å². The van der Waals surface area contributed by atoms with Gasteiger partial charge in [0.15, 0.2) is 5.82 Å². The lowest BCUT2D eigenvalue weighted by Crippen LogP contribution is -2.43. The molecule has 1 aliphatic heterocycles. The first-order chi connectivity index (χ1) is 8.74. The highest BCUT2D eigenvalue weighted by Gasteiger charge is 2.21. The molecule has 1 fully saturated rings. The molecule has 7 heteroatoms. The Bertz CT molecular complexity index is 537. The number of thiophene rings is 1. The minimum Gasteiger partial charge on any atom is -0.338 e. The van der Waals surface area contributed by atoms with Crippen LogP contribution in [0, 0.1) is 0 Å². The van der Waals surface area contributed by atoms with E-state index in [1.807, 2.05) is 11.4 Å². The van der Waals surface area contributed by atoms with Crippen LogP contribution in [0.5, 0.6) is 0 Å². The van der Waals surface area contributed by atoms with Crippen LogP contribution in [0.25, 0.3) is 10.7 Å². The molecule has 0 aliphatic carbocycles. The second-order valence-corrected chi connectivity index (χ2v) is 6.20. The first-order valence-corrected chi connectivity index (χ1v) is 7.57. The Labute approximate surface area is 118 Å². The number of piperidine rings is 1. The van der Waals surface area contributed by atoms with Gasteiger partial charge < -0.3 is 10.6 Å². The van der Waals surface area contributed by atoms with E-state index in [-0.39, 0.29) is 6.04 Å². The van der Waals surface area contributed by atoms with Crippen molar-refractivity contribution in [1.82, 2.24) is 15.2 Å². The van der Waals surface area contributed by atoms with Crippen LogP contribution in [0.4, 0.5) is 5.95 Å². The van der Waals surface area contributed by atoms with E-state index >= 15 is 0 Å². The van der Waals surface area contributed by atoms with E-state index in [9.17, 15) is 0 Å². The molecule has 0 bridgehead atoms. The van der Waals surface area contributed by atoms with Gasteiger partial charge in [0.1, 0.15) is 0 Å². The summed E-state index contributed by atoms with van der Waals surface area (Å²) in [6.45, 7) is 1.82. The zero-order valence-corrected chi connectivity index (χ0v) is 12.2. The van der Waals surface area contributed by atoms with Crippen molar-refractivity contribution in [3.05, 3.63) is 15.9 Å². The Hall–Kier alpha value is -0.920. The fourth-order valence-electron chi connectivity index (χ4n) is 2.15. The van der Waals surface area contributed by atoms with Crippen molar-refractivity contribution < 1.29 is 0 Å². The third-order valence-electron chi connectivity index (χ3n) is 3.05. The maximum absolute atomic E-state index is 5.98. The third-order valence-corrected chi connectivity index (χ3v) is 4.89. The van der Waals surface area contributed by atoms with Crippen LogP contribution in [-0.4, -0.2) is 34.3 Å². The minimum atomic E-state index is 0.231. The highest BCUT2D eigenvalue weighted by Crippen LogP contribution is 2.31. The predicted octanol–water partition coefficient (Wildman–Crippen LogP) is 2.22. The molecule has 0 saturated carbocycles. The Morgan fingerprint density at radius 3 is 3.17 bits per heavy atom. The number of aromatic amines is 1. The highest BCUT2D eigenvalue weighted by molar-refractivity contribution is 9.10. The molecule has 3 N–H and O–H groups in total. The van der Waals surface area contributed by atoms with Crippen molar-refractivity contribution in [3.63, 3.8) is 0 Å². The van der Waals surface area contributed by atoms with Crippen LogP contribution in [-0.2, 0) is 0 Å². The summed E-state index contributed by atoms with van der Waals surface area (Å²) < 4.78 is 1.05. The molecule has 1 atom stereocenters. The van der Waals surface area contributed by atoms with E-state index in [1.165, 1.54) is 0 Å². The van der Waals surface area contributed by atoms with Crippen LogP contribution in [0.2, 0.25) is 0 Å². The largest absolute Gasteiger partial charge is 0.338 e. The normalized spacial score (nSPS) is 20.3. The molecule has 0 radical (unpaired) electrons. The molecular weight excluding hydrogens is 314 g/mol. The fraction of sp³-hybridized carbons (Fsp3) is 0.455. The number of rotatable bonds is 2. The number of hydrogen-bond donors (Lipinski definition) is 2. The summed E-state index contributed by atoms with van der Waals surface area (Å²) >= 11 is 5.15. The monoisotopic (exact) mass is 327 g/mol. The lowest BCUT2D eigenvalue weighted by atomic mass is 10.1. The third kappa shape index (κ3) is 2.30. The molecule has 3 rings (SSSR count). The molecule has 0 amide bonds. The summed E-state index contributed by atoms with van der Waals surface area (Å²) in [5.41, 5.74) is 5.98. The molecule has 0 spiro atoms. The van der Waals surface area contributed by atoms with Gasteiger partial charge in [0.05, 0.1) is 4.88 Å². The second-order valence-electron chi connectivity index (χ2n) is 4.43. The van der Waals surface area contributed by atoms with E-state index in [0.29, 0.717) is 0 Å². The molecule has 96 valence electrons. The Kier molecular flexibility index (Phi) is 3.36. The molecule has 3 heterocycles. The van der Waals surface area contributed by atoms with Gasteiger partial charge in [0.2, 0.25) is 5.95 Å². The van der Waals surface area contributed by atoms with E-state index in [0.717, 1.165) is 47.1 Å². The smallest absolute Gasteiger partial charge is 0.245 e. The van der Waals surface area contributed by atoms with Crippen LogP contribution >= 0.6 is 27.3 Å². The molecular formula is C11H14BrN5S. The number of nitrogens with one attached hydrogen (secondary N) is 1. The summed E-state index contributed by atoms with van der Waals surface area (Å²) in [4.78, 5) is 7.78. The molecule has 2 aromatic rings. The zero-order chi connectivity index (χ0) is 12.5. The standard InChI is InChI=1S/C11H14BrN5S/c12-8-3-5-18-9(8)10-14-11(16-15-10)17-4-1-2-7(13)6-17/h3,5,7H,1-2,4,6,13H2,(H,14,15,16). The number of nitrogens with two attached hydrogens (primary N) is 1. The molecule has 18 heavy (non-hydrogen) atoms. The van der Waals surface area contributed by atoms with E-state index in [1.54, 1.807) is 11.3 Å². The Morgan fingerprint density at radius 2 is 2.44 bits per heavy atom. The lowest BCUT2D eigenvalue weighted by molar-refractivity contribution is 0.500. The average Bonchev–Trinajstić information content (AvgIpc) is 2.97. The molecule has 2 aromatic heterocycles. The Morgan fingerprint density at radius 1 is 1.56 bits per heavy atom. The SMILES string of the molecule is NC1CCCN(c2n[nH]c(-c3sccc3Br)n2)C1. The van der Waals surface area contributed by atoms with Gasteiger partial charge in [0.25, 0.3) is 0 Å². The fourth-order valence-corrected chi connectivity index (χ4v) is 3.65. The van der Waals surface area contributed by atoms with Crippen molar-refractivity contribution in [1.29, 1.82) is 0 Å². The molecule has 5 nitrogen and oxygen atoms in total. The Balaban J connectivity index is 1.83. The van der Waals surface area contributed by atoms with Crippen molar-refractivity contribution >= 4 is 33.2 Å². The van der Waals surface area contributed by atoms with Crippen LogP contribution in [0.15, 0.2) is 15.9 Å². The number of aromatic nitrogens is 3.